The van der Waals surface area contributed by atoms with E-state index in [9.17, 15) is 4.79 Å². The number of hydrogen-bond donors (Lipinski definition) is 2. The fourth-order valence-corrected chi connectivity index (χ4v) is 4.58. The SMILES string of the molecule is CC(C)Cc1nc2ccc(C(=O)NC3CCC(n4cccn4)CC3)cc2n1CCCN. The normalized spacial score (nSPS) is 19.2. The molecule has 0 saturated heterocycles. The van der Waals surface area contributed by atoms with Crippen molar-refractivity contribution in [3.05, 3.63) is 48.0 Å². The van der Waals surface area contributed by atoms with Crippen LogP contribution in [0.25, 0.3) is 11.0 Å². The minimum Gasteiger partial charge on any atom is -0.349 e. The largest absolute Gasteiger partial charge is 0.349 e. The molecule has 166 valence electrons. The number of aromatic nitrogens is 4. The molecule has 7 nitrogen and oxygen atoms in total. The molecule has 0 bridgehead atoms. The van der Waals surface area contributed by atoms with Gasteiger partial charge in [-0.15, -0.1) is 0 Å². The lowest BCUT2D eigenvalue weighted by atomic mass is 9.91. The summed E-state index contributed by atoms with van der Waals surface area (Å²) in [6, 6.07) is 8.49. The van der Waals surface area contributed by atoms with E-state index in [0.29, 0.717) is 24.1 Å². The summed E-state index contributed by atoms with van der Waals surface area (Å²) in [6.07, 6.45) is 9.70. The van der Waals surface area contributed by atoms with Crippen molar-refractivity contribution in [2.24, 2.45) is 11.7 Å². The molecule has 7 heteroatoms. The molecule has 4 rings (SSSR count). The van der Waals surface area contributed by atoms with Crippen molar-refractivity contribution in [3.63, 3.8) is 0 Å². The smallest absolute Gasteiger partial charge is 0.251 e. The molecule has 1 aliphatic carbocycles. The number of carbonyl (C=O) groups is 1. The van der Waals surface area contributed by atoms with Crippen LogP contribution in [-0.4, -0.2) is 37.8 Å². The lowest BCUT2D eigenvalue weighted by Gasteiger charge is -2.29. The molecule has 2 heterocycles. The number of rotatable bonds is 8. The molecule has 3 N–H and O–H groups in total. The number of nitrogens with zero attached hydrogens (tertiary/aromatic N) is 4. The summed E-state index contributed by atoms with van der Waals surface area (Å²) < 4.78 is 4.29. The van der Waals surface area contributed by atoms with Crippen LogP contribution in [0.4, 0.5) is 0 Å². The molecular weight excluding hydrogens is 388 g/mol. The van der Waals surface area contributed by atoms with E-state index in [0.717, 1.165) is 61.9 Å². The summed E-state index contributed by atoms with van der Waals surface area (Å²) in [6.45, 7) is 5.87. The highest BCUT2D eigenvalue weighted by molar-refractivity contribution is 5.97. The summed E-state index contributed by atoms with van der Waals surface area (Å²) >= 11 is 0. The highest BCUT2D eigenvalue weighted by Gasteiger charge is 2.24. The highest BCUT2D eigenvalue weighted by Crippen LogP contribution is 2.28. The molecule has 1 amide bonds. The van der Waals surface area contributed by atoms with Gasteiger partial charge in [0.25, 0.3) is 5.91 Å². The third-order valence-electron chi connectivity index (χ3n) is 6.20. The fourth-order valence-electron chi connectivity index (χ4n) is 4.58. The molecule has 0 aliphatic heterocycles. The van der Waals surface area contributed by atoms with E-state index in [-0.39, 0.29) is 11.9 Å². The molecule has 1 saturated carbocycles. The van der Waals surface area contributed by atoms with Crippen molar-refractivity contribution in [1.82, 2.24) is 24.6 Å². The van der Waals surface area contributed by atoms with Gasteiger partial charge in [-0.25, -0.2) is 4.98 Å². The molecule has 31 heavy (non-hydrogen) atoms. The Bertz CT molecular complexity index is 999. The number of carbonyl (C=O) groups excluding carboxylic acids is 1. The first-order valence-corrected chi connectivity index (χ1v) is 11.5. The highest BCUT2D eigenvalue weighted by atomic mass is 16.1. The number of fused-ring (bicyclic) bond motifs is 1. The summed E-state index contributed by atoms with van der Waals surface area (Å²) in [5, 5.41) is 7.61. The topological polar surface area (TPSA) is 90.8 Å². The summed E-state index contributed by atoms with van der Waals surface area (Å²) in [5.41, 5.74) is 8.44. The van der Waals surface area contributed by atoms with Crippen molar-refractivity contribution in [1.29, 1.82) is 0 Å². The zero-order chi connectivity index (χ0) is 21.8. The predicted octanol–water partition coefficient (Wildman–Crippen LogP) is 3.69. The second kappa shape index (κ2) is 9.64. The van der Waals surface area contributed by atoms with Gasteiger partial charge in [0.1, 0.15) is 5.82 Å². The van der Waals surface area contributed by atoms with Gasteiger partial charge in [-0.1, -0.05) is 13.8 Å². The lowest BCUT2D eigenvalue weighted by molar-refractivity contribution is 0.0922. The number of nitrogens with two attached hydrogens (primary N) is 1. The molecule has 3 aromatic rings. The number of aryl methyl sites for hydroxylation is 1. The Morgan fingerprint density at radius 2 is 2.06 bits per heavy atom. The second-order valence-electron chi connectivity index (χ2n) is 9.09. The maximum atomic E-state index is 13.0. The van der Waals surface area contributed by atoms with Crippen molar-refractivity contribution in [2.45, 2.75) is 71.0 Å². The van der Waals surface area contributed by atoms with Crippen molar-refractivity contribution >= 4 is 16.9 Å². The van der Waals surface area contributed by atoms with Gasteiger partial charge in [0, 0.05) is 37.0 Å². The van der Waals surface area contributed by atoms with E-state index in [1.807, 2.05) is 41.3 Å². The van der Waals surface area contributed by atoms with Gasteiger partial charge in [0.2, 0.25) is 0 Å². The van der Waals surface area contributed by atoms with E-state index < -0.39 is 0 Å². The van der Waals surface area contributed by atoms with Crippen LogP contribution in [0.2, 0.25) is 0 Å². The van der Waals surface area contributed by atoms with Crippen LogP contribution in [0.15, 0.2) is 36.7 Å². The van der Waals surface area contributed by atoms with E-state index in [1.165, 1.54) is 0 Å². The van der Waals surface area contributed by atoms with Gasteiger partial charge < -0.3 is 15.6 Å². The quantitative estimate of drug-likeness (QED) is 0.579. The summed E-state index contributed by atoms with van der Waals surface area (Å²) in [4.78, 5) is 17.8. The van der Waals surface area contributed by atoms with Crippen LogP contribution in [0.5, 0.6) is 0 Å². The van der Waals surface area contributed by atoms with Gasteiger partial charge in [-0.05, 0) is 68.8 Å². The summed E-state index contributed by atoms with van der Waals surface area (Å²) in [7, 11) is 0. The fraction of sp³-hybridized carbons (Fsp3) is 0.542. The zero-order valence-corrected chi connectivity index (χ0v) is 18.6. The van der Waals surface area contributed by atoms with Gasteiger partial charge in [-0.3, -0.25) is 9.48 Å². The molecule has 1 fully saturated rings. The average molecular weight is 423 g/mol. The zero-order valence-electron chi connectivity index (χ0n) is 18.6. The Balaban J connectivity index is 1.46. The van der Waals surface area contributed by atoms with Crippen LogP contribution >= 0.6 is 0 Å². The van der Waals surface area contributed by atoms with E-state index in [4.69, 9.17) is 10.7 Å². The van der Waals surface area contributed by atoms with E-state index in [1.54, 1.807) is 0 Å². The van der Waals surface area contributed by atoms with Gasteiger partial charge in [-0.2, -0.15) is 5.10 Å². The first-order valence-electron chi connectivity index (χ1n) is 11.5. The standard InChI is InChI=1S/C24H34N6O/c1-17(2)15-23-28-21-10-5-18(16-22(21)29(23)13-3-11-25)24(31)27-19-6-8-20(9-7-19)30-14-4-12-26-30/h4-5,10,12,14,16-17,19-20H,3,6-9,11,13,15,25H2,1-2H3,(H,27,31). The van der Waals surface area contributed by atoms with Crippen LogP contribution in [0.1, 0.15) is 68.2 Å². The van der Waals surface area contributed by atoms with Gasteiger partial charge >= 0.3 is 0 Å². The van der Waals surface area contributed by atoms with E-state index in [2.05, 4.69) is 28.8 Å². The minimum atomic E-state index is 0.00132. The Hall–Kier alpha value is -2.67. The minimum absolute atomic E-state index is 0.00132. The first kappa shape index (κ1) is 21.6. The first-order chi connectivity index (χ1) is 15.0. The predicted molar refractivity (Wildman–Crippen MR) is 123 cm³/mol. The Morgan fingerprint density at radius 1 is 1.26 bits per heavy atom. The van der Waals surface area contributed by atoms with Crippen LogP contribution in [-0.2, 0) is 13.0 Å². The Labute approximate surface area is 184 Å². The van der Waals surface area contributed by atoms with Crippen LogP contribution in [0.3, 0.4) is 0 Å². The van der Waals surface area contributed by atoms with Gasteiger partial charge in [0.05, 0.1) is 17.1 Å². The molecule has 2 aromatic heterocycles. The number of imidazole rings is 1. The maximum absolute atomic E-state index is 13.0. The lowest BCUT2D eigenvalue weighted by Crippen LogP contribution is -2.38. The van der Waals surface area contributed by atoms with Gasteiger partial charge in [0.15, 0.2) is 0 Å². The number of amides is 1. The molecule has 0 spiro atoms. The van der Waals surface area contributed by atoms with Crippen molar-refractivity contribution in [3.8, 4) is 0 Å². The molecular formula is C24H34N6O. The van der Waals surface area contributed by atoms with Crippen LogP contribution in [0, 0.1) is 5.92 Å². The Morgan fingerprint density at radius 3 is 2.74 bits per heavy atom. The van der Waals surface area contributed by atoms with Crippen molar-refractivity contribution in [2.75, 3.05) is 6.54 Å². The summed E-state index contributed by atoms with van der Waals surface area (Å²) in [5.74, 6) is 1.60. The average Bonchev–Trinajstić information content (AvgIpc) is 3.40. The van der Waals surface area contributed by atoms with E-state index >= 15 is 0 Å². The number of benzene rings is 1. The maximum Gasteiger partial charge on any atom is 0.251 e. The van der Waals surface area contributed by atoms with Crippen molar-refractivity contribution < 1.29 is 4.79 Å². The monoisotopic (exact) mass is 422 g/mol. The number of hydrogen-bond acceptors (Lipinski definition) is 4. The molecule has 0 atom stereocenters. The van der Waals surface area contributed by atoms with Crippen LogP contribution < -0.4 is 11.1 Å². The molecule has 0 radical (unpaired) electrons. The third kappa shape index (κ3) is 4.98. The molecule has 1 aliphatic rings. The Kier molecular flexibility index (Phi) is 6.70. The molecule has 1 aromatic carbocycles. The third-order valence-corrected chi connectivity index (χ3v) is 6.20. The molecule has 0 unspecified atom stereocenters. The number of nitrogens with one attached hydrogen (secondary N) is 1. The second-order valence-corrected chi connectivity index (χ2v) is 9.09.